The largest absolute Gasteiger partial charge is 0.368 e. The number of aromatic nitrogens is 2. The minimum absolute atomic E-state index is 0.379. The summed E-state index contributed by atoms with van der Waals surface area (Å²) in [5.74, 6) is 2.06. The maximum absolute atomic E-state index is 5.97. The standard InChI is InChI=1S/C17H23N5/c18-17-20-15-11-13(12-3-1-2-4-12)5-6-14(15)16(21-17)22-9-7-19-8-10-22/h5-6,11-12,19H,1-4,7-10H2,(H2,18,20,21). The minimum Gasteiger partial charge on any atom is -0.368 e. The molecule has 4 rings (SSSR count). The van der Waals surface area contributed by atoms with Crippen molar-refractivity contribution in [3.05, 3.63) is 23.8 Å². The molecule has 1 saturated carbocycles. The van der Waals surface area contributed by atoms with E-state index in [9.17, 15) is 0 Å². The van der Waals surface area contributed by atoms with Crippen molar-refractivity contribution in [1.29, 1.82) is 0 Å². The third-order valence-corrected chi connectivity index (χ3v) is 4.96. The third kappa shape index (κ3) is 2.50. The topological polar surface area (TPSA) is 67.1 Å². The molecule has 3 N–H and O–H groups in total. The van der Waals surface area contributed by atoms with E-state index in [4.69, 9.17) is 5.73 Å². The highest BCUT2D eigenvalue weighted by Gasteiger charge is 2.20. The molecule has 2 fully saturated rings. The van der Waals surface area contributed by atoms with Gasteiger partial charge in [0.2, 0.25) is 5.95 Å². The second-order valence-electron chi connectivity index (χ2n) is 6.40. The first-order valence-corrected chi connectivity index (χ1v) is 8.34. The van der Waals surface area contributed by atoms with Crippen LogP contribution in [-0.2, 0) is 0 Å². The van der Waals surface area contributed by atoms with E-state index in [-0.39, 0.29) is 0 Å². The molecule has 2 aliphatic rings. The number of hydrogen-bond donors (Lipinski definition) is 2. The Bertz CT molecular complexity index is 672. The Morgan fingerprint density at radius 3 is 2.64 bits per heavy atom. The van der Waals surface area contributed by atoms with Gasteiger partial charge in [0.15, 0.2) is 0 Å². The monoisotopic (exact) mass is 297 g/mol. The zero-order valence-electron chi connectivity index (χ0n) is 12.9. The molecule has 1 aromatic heterocycles. The first kappa shape index (κ1) is 13.8. The summed E-state index contributed by atoms with van der Waals surface area (Å²) >= 11 is 0. The maximum Gasteiger partial charge on any atom is 0.222 e. The third-order valence-electron chi connectivity index (χ3n) is 4.96. The molecular formula is C17H23N5. The van der Waals surface area contributed by atoms with E-state index in [2.05, 4.69) is 38.4 Å². The lowest BCUT2D eigenvalue weighted by molar-refractivity contribution is 0.586. The number of rotatable bonds is 2. The quantitative estimate of drug-likeness (QED) is 0.890. The van der Waals surface area contributed by atoms with Crippen molar-refractivity contribution in [2.24, 2.45) is 0 Å². The number of anilines is 2. The smallest absolute Gasteiger partial charge is 0.222 e. The predicted octanol–water partition coefficient (Wildman–Crippen LogP) is 2.28. The van der Waals surface area contributed by atoms with Crippen LogP contribution in [0.4, 0.5) is 11.8 Å². The van der Waals surface area contributed by atoms with Gasteiger partial charge in [-0.2, -0.15) is 4.98 Å². The Balaban J connectivity index is 1.76. The molecule has 5 heteroatoms. The van der Waals surface area contributed by atoms with E-state index >= 15 is 0 Å². The molecule has 1 aromatic carbocycles. The fourth-order valence-corrected chi connectivity index (χ4v) is 3.78. The molecule has 0 atom stereocenters. The Labute approximate surface area is 130 Å². The summed E-state index contributed by atoms with van der Waals surface area (Å²) in [4.78, 5) is 11.3. The van der Waals surface area contributed by atoms with E-state index in [1.165, 1.54) is 31.2 Å². The molecule has 5 nitrogen and oxygen atoms in total. The van der Waals surface area contributed by atoms with Gasteiger partial charge in [0.25, 0.3) is 0 Å². The number of piperazine rings is 1. The van der Waals surface area contributed by atoms with Gasteiger partial charge in [0, 0.05) is 31.6 Å². The van der Waals surface area contributed by atoms with Crippen LogP contribution in [-0.4, -0.2) is 36.1 Å². The Kier molecular flexibility index (Phi) is 3.58. The zero-order valence-corrected chi connectivity index (χ0v) is 12.9. The second-order valence-corrected chi connectivity index (χ2v) is 6.40. The molecule has 116 valence electrons. The molecule has 2 heterocycles. The number of nitrogens with two attached hydrogens (primary N) is 1. The van der Waals surface area contributed by atoms with Gasteiger partial charge < -0.3 is 16.0 Å². The van der Waals surface area contributed by atoms with Gasteiger partial charge in [-0.25, -0.2) is 4.98 Å². The van der Waals surface area contributed by atoms with Crippen LogP contribution in [0.3, 0.4) is 0 Å². The molecule has 1 aliphatic carbocycles. The number of fused-ring (bicyclic) bond motifs is 1. The van der Waals surface area contributed by atoms with Crippen LogP contribution in [0.2, 0.25) is 0 Å². The molecule has 0 radical (unpaired) electrons. The number of nitrogen functional groups attached to an aromatic ring is 1. The van der Waals surface area contributed by atoms with Crippen LogP contribution in [0.25, 0.3) is 10.9 Å². The molecule has 22 heavy (non-hydrogen) atoms. The number of hydrogen-bond acceptors (Lipinski definition) is 5. The van der Waals surface area contributed by atoms with Crippen molar-refractivity contribution in [3.8, 4) is 0 Å². The van der Waals surface area contributed by atoms with Gasteiger partial charge >= 0.3 is 0 Å². The molecule has 0 spiro atoms. The summed E-state index contributed by atoms with van der Waals surface area (Å²) in [7, 11) is 0. The second kappa shape index (κ2) is 5.72. The highest BCUT2D eigenvalue weighted by molar-refractivity contribution is 5.91. The minimum atomic E-state index is 0.379. The van der Waals surface area contributed by atoms with Crippen molar-refractivity contribution >= 4 is 22.7 Å². The molecule has 2 aromatic rings. The van der Waals surface area contributed by atoms with E-state index < -0.39 is 0 Å². The molecule has 0 bridgehead atoms. The molecule has 1 saturated heterocycles. The van der Waals surface area contributed by atoms with Gasteiger partial charge in [-0.15, -0.1) is 0 Å². The lowest BCUT2D eigenvalue weighted by atomic mass is 9.96. The van der Waals surface area contributed by atoms with Crippen LogP contribution < -0.4 is 16.0 Å². The number of benzene rings is 1. The Hall–Kier alpha value is -1.88. The summed E-state index contributed by atoms with van der Waals surface area (Å²) in [6.07, 6.45) is 5.30. The highest BCUT2D eigenvalue weighted by atomic mass is 15.2. The average molecular weight is 297 g/mol. The van der Waals surface area contributed by atoms with Crippen molar-refractivity contribution < 1.29 is 0 Å². The zero-order chi connectivity index (χ0) is 14.9. The van der Waals surface area contributed by atoms with Crippen molar-refractivity contribution in [2.45, 2.75) is 31.6 Å². The van der Waals surface area contributed by atoms with Gasteiger partial charge in [-0.1, -0.05) is 18.9 Å². The fraction of sp³-hybridized carbons (Fsp3) is 0.529. The van der Waals surface area contributed by atoms with Gasteiger partial charge in [0.05, 0.1) is 5.52 Å². The average Bonchev–Trinajstić information content (AvgIpc) is 3.09. The van der Waals surface area contributed by atoms with Crippen LogP contribution in [0.15, 0.2) is 18.2 Å². The lowest BCUT2D eigenvalue weighted by Crippen LogP contribution is -2.44. The summed E-state index contributed by atoms with van der Waals surface area (Å²) in [5, 5.41) is 4.50. The van der Waals surface area contributed by atoms with Crippen LogP contribution >= 0.6 is 0 Å². The molecule has 0 amide bonds. The van der Waals surface area contributed by atoms with Gasteiger partial charge in [-0.3, -0.25) is 0 Å². The highest BCUT2D eigenvalue weighted by Crippen LogP contribution is 2.36. The summed E-state index contributed by atoms with van der Waals surface area (Å²) in [6.45, 7) is 3.92. The first-order valence-electron chi connectivity index (χ1n) is 8.34. The SMILES string of the molecule is Nc1nc(N2CCNCC2)c2ccc(C3CCCC3)cc2n1. The summed E-state index contributed by atoms with van der Waals surface area (Å²) < 4.78 is 0. The lowest BCUT2D eigenvalue weighted by Gasteiger charge is -2.29. The van der Waals surface area contributed by atoms with Crippen molar-refractivity contribution in [2.75, 3.05) is 36.8 Å². The molecular weight excluding hydrogens is 274 g/mol. The molecule has 1 aliphatic heterocycles. The number of nitrogens with zero attached hydrogens (tertiary/aromatic N) is 3. The van der Waals surface area contributed by atoms with E-state index in [1.807, 2.05) is 0 Å². The first-order chi connectivity index (χ1) is 10.8. The number of nitrogens with one attached hydrogen (secondary N) is 1. The van der Waals surface area contributed by atoms with E-state index in [1.54, 1.807) is 0 Å². The van der Waals surface area contributed by atoms with Crippen LogP contribution in [0, 0.1) is 0 Å². The maximum atomic E-state index is 5.97. The van der Waals surface area contributed by atoms with Crippen molar-refractivity contribution in [3.63, 3.8) is 0 Å². The van der Waals surface area contributed by atoms with Crippen LogP contribution in [0.1, 0.15) is 37.2 Å². The van der Waals surface area contributed by atoms with Gasteiger partial charge in [0.1, 0.15) is 5.82 Å². The fourth-order valence-electron chi connectivity index (χ4n) is 3.78. The van der Waals surface area contributed by atoms with E-state index in [0.717, 1.165) is 42.9 Å². The summed E-state index contributed by atoms with van der Waals surface area (Å²) in [6, 6.07) is 6.69. The predicted molar refractivity (Wildman–Crippen MR) is 90.2 cm³/mol. The Morgan fingerprint density at radius 1 is 1.09 bits per heavy atom. The van der Waals surface area contributed by atoms with Gasteiger partial charge in [-0.05, 0) is 36.5 Å². The van der Waals surface area contributed by atoms with E-state index in [0.29, 0.717) is 11.9 Å². The van der Waals surface area contributed by atoms with Crippen molar-refractivity contribution in [1.82, 2.24) is 15.3 Å². The van der Waals surface area contributed by atoms with Crippen LogP contribution in [0.5, 0.6) is 0 Å². The normalized spacial score (nSPS) is 19.9. The molecule has 0 unspecified atom stereocenters. The summed E-state index contributed by atoms with van der Waals surface area (Å²) in [5.41, 5.74) is 8.37. The Morgan fingerprint density at radius 2 is 1.86 bits per heavy atom.